The number of ether oxygens (including phenoxy) is 1. The summed E-state index contributed by atoms with van der Waals surface area (Å²) < 4.78 is 10.9. The minimum Gasteiger partial charge on any atom is -0.484 e. The number of carbonyl (C=O) groups excluding carboxylic acids is 1. The van der Waals surface area contributed by atoms with Crippen LogP contribution in [-0.4, -0.2) is 22.7 Å². The van der Waals surface area contributed by atoms with Gasteiger partial charge in [0.2, 0.25) is 0 Å². The molecule has 0 saturated carbocycles. The molecular formula is C21H23N3O3. The van der Waals surface area contributed by atoms with Crippen LogP contribution in [-0.2, 0) is 11.2 Å². The largest absolute Gasteiger partial charge is 0.484 e. The molecule has 0 spiro atoms. The first-order valence-corrected chi connectivity index (χ1v) is 9.01. The monoisotopic (exact) mass is 365 g/mol. The van der Waals surface area contributed by atoms with Crippen molar-refractivity contribution in [3.8, 4) is 17.2 Å². The van der Waals surface area contributed by atoms with Gasteiger partial charge < -0.3 is 14.6 Å². The van der Waals surface area contributed by atoms with Crippen LogP contribution in [0.5, 0.6) is 5.75 Å². The van der Waals surface area contributed by atoms with E-state index in [0.29, 0.717) is 17.5 Å². The molecule has 2 aromatic carbocycles. The molecule has 0 aliphatic carbocycles. The Morgan fingerprint density at radius 2 is 2.00 bits per heavy atom. The quantitative estimate of drug-likeness (QED) is 0.670. The van der Waals surface area contributed by atoms with Crippen LogP contribution >= 0.6 is 0 Å². The molecule has 6 heteroatoms. The molecule has 1 N–H and O–H groups in total. The van der Waals surface area contributed by atoms with E-state index in [4.69, 9.17) is 9.26 Å². The maximum Gasteiger partial charge on any atom is 0.262 e. The molecule has 0 aliphatic heterocycles. The van der Waals surface area contributed by atoms with E-state index >= 15 is 0 Å². The Morgan fingerprint density at radius 3 is 2.74 bits per heavy atom. The summed E-state index contributed by atoms with van der Waals surface area (Å²) in [5.41, 5.74) is 2.66. The molecular weight excluding hydrogens is 342 g/mol. The molecule has 0 unspecified atom stereocenters. The van der Waals surface area contributed by atoms with Crippen molar-refractivity contribution < 1.29 is 14.1 Å². The normalized spacial score (nSPS) is 10.8. The summed E-state index contributed by atoms with van der Waals surface area (Å²) in [5, 5.41) is 6.86. The van der Waals surface area contributed by atoms with Crippen molar-refractivity contribution in [1.29, 1.82) is 0 Å². The Bertz CT molecular complexity index is 918. The molecule has 0 radical (unpaired) electrons. The summed E-state index contributed by atoms with van der Waals surface area (Å²) in [6, 6.07) is 15.0. The summed E-state index contributed by atoms with van der Waals surface area (Å²) >= 11 is 0. The Kier molecular flexibility index (Phi) is 5.86. The topological polar surface area (TPSA) is 77.2 Å². The summed E-state index contributed by atoms with van der Waals surface area (Å²) in [4.78, 5) is 16.6. The van der Waals surface area contributed by atoms with Gasteiger partial charge in [0.05, 0.1) is 0 Å². The van der Waals surface area contributed by atoms with Crippen molar-refractivity contribution in [3.63, 3.8) is 0 Å². The number of aryl methyl sites for hydroxylation is 1. The highest BCUT2D eigenvalue weighted by Crippen LogP contribution is 2.24. The van der Waals surface area contributed by atoms with Gasteiger partial charge in [0.25, 0.3) is 11.8 Å². The number of hydrogen-bond acceptors (Lipinski definition) is 5. The van der Waals surface area contributed by atoms with Gasteiger partial charge in [0.15, 0.2) is 12.4 Å². The van der Waals surface area contributed by atoms with E-state index in [1.54, 1.807) is 12.1 Å². The Hall–Kier alpha value is -3.15. The van der Waals surface area contributed by atoms with Gasteiger partial charge in [-0.15, -0.1) is 0 Å². The SMILES string of the molecule is CCc1ccccc1NC(=O)COc1cccc(-c2nc(C(C)C)no2)c1. The minimum atomic E-state index is -0.207. The lowest BCUT2D eigenvalue weighted by Gasteiger charge is -2.10. The van der Waals surface area contributed by atoms with Gasteiger partial charge in [-0.2, -0.15) is 4.98 Å². The van der Waals surface area contributed by atoms with Crippen LogP contribution in [0.3, 0.4) is 0 Å². The highest BCUT2D eigenvalue weighted by molar-refractivity contribution is 5.92. The molecule has 6 nitrogen and oxygen atoms in total. The minimum absolute atomic E-state index is 0.0808. The number of hydrogen-bond donors (Lipinski definition) is 1. The third-order valence-electron chi connectivity index (χ3n) is 4.08. The molecule has 0 fully saturated rings. The van der Waals surface area contributed by atoms with Gasteiger partial charge >= 0.3 is 0 Å². The molecule has 1 aromatic heterocycles. The van der Waals surface area contributed by atoms with E-state index in [9.17, 15) is 4.79 Å². The molecule has 0 atom stereocenters. The lowest BCUT2D eigenvalue weighted by atomic mass is 10.1. The lowest BCUT2D eigenvalue weighted by molar-refractivity contribution is -0.118. The van der Waals surface area contributed by atoms with Crippen molar-refractivity contribution in [2.24, 2.45) is 0 Å². The fraction of sp³-hybridized carbons (Fsp3) is 0.286. The van der Waals surface area contributed by atoms with Crippen molar-refractivity contribution in [2.75, 3.05) is 11.9 Å². The first kappa shape index (κ1) is 18.6. The lowest BCUT2D eigenvalue weighted by Crippen LogP contribution is -2.20. The molecule has 0 aliphatic rings. The number of benzene rings is 2. The second-order valence-electron chi connectivity index (χ2n) is 6.49. The highest BCUT2D eigenvalue weighted by Gasteiger charge is 2.12. The second kappa shape index (κ2) is 8.49. The van der Waals surface area contributed by atoms with Gasteiger partial charge in [-0.05, 0) is 36.2 Å². The fourth-order valence-electron chi connectivity index (χ4n) is 2.59. The van der Waals surface area contributed by atoms with E-state index in [1.165, 1.54) is 0 Å². The van der Waals surface area contributed by atoms with Gasteiger partial charge in [-0.3, -0.25) is 4.79 Å². The Morgan fingerprint density at radius 1 is 1.19 bits per heavy atom. The number of nitrogens with one attached hydrogen (secondary N) is 1. The highest BCUT2D eigenvalue weighted by atomic mass is 16.5. The number of rotatable bonds is 7. The Labute approximate surface area is 158 Å². The van der Waals surface area contributed by atoms with E-state index in [1.807, 2.05) is 50.2 Å². The number of anilines is 1. The number of aromatic nitrogens is 2. The van der Waals surface area contributed by atoms with Crippen LogP contribution in [0, 0.1) is 0 Å². The van der Waals surface area contributed by atoms with E-state index in [2.05, 4.69) is 22.4 Å². The van der Waals surface area contributed by atoms with Crippen molar-refractivity contribution in [1.82, 2.24) is 10.1 Å². The summed E-state index contributed by atoms with van der Waals surface area (Å²) in [7, 11) is 0. The predicted molar refractivity (Wildman–Crippen MR) is 104 cm³/mol. The smallest absolute Gasteiger partial charge is 0.262 e. The fourth-order valence-corrected chi connectivity index (χ4v) is 2.59. The zero-order chi connectivity index (χ0) is 19.2. The van der Waals surface area contributed by atoms with Crippen LogP contribution in [0.25, 0.3) is 11.5 Å². The Balaban J connectivity index is 1.63. The van der Waals surface area contributed by atoms with Gasteiger partial charge in [0, 0.05) is 17.2 Å². The molecule has 27 heavy (non-hydrogen) atoms. The van der Waals surface area contributed by atoms with Crippen LogP contribution < -0.4 is 10.1 Å². The molecule has 0 saturated heterocycles. The number of nitrogens with zero attached hydrogens (tertiary/aromatic N) is 2. The van der Waals surface area contributed by atoms with Crippen molar-refractivity contribution in [2.45, 2.75) is 33.1 Å². The number of carbonyl (C=O) groups is 1. The van der Waals surface area contributed by atoms with E-state index in [0.717, 1.165) is 23.2 Å². The van der Waals surface area contributed by atoms with Gasteiger partial charge in [0.1, 0.15) is 5.75 Å². The zero-order valence-corrected chi connectivity index (χ0v) is 15.7. The van der Waals surface area contributed by atoms with E-state index < -0.39 is 0 Å². The number of amides is 1. The molecule has 1 heterocycles. The predicted octanol–water partition coefficient (Wildman–Crippen LogP) is 4.44. The standard InChI is InChI=1S/C21H23N3O3/c1-4-15-8-5-6-11-18(15)22-19(25)13-26-17-10-7-9-16(12-17)21-23-20(14(2)3)24-27-21/h5-12,14H,4,13H2,1-3H3,(H,22,25). The summed E-state index contributed by atoms with van der Waals surface area (Å²) in [5.74, 6) is 1.64. The maximum absolute atomic E-state index is 12.2. The average molecular weight is 365 g/mol. The van der Waals surface area contributed by atoms with E-state index in [-0.39, 0.29) is 18.4 Å². The summed E-state index contributed by atoms with van der Waals surface area (Å²) in [6.45, 7) is 5.98. The zero-order valence-electron chi connectivity index (χ0n) is 15.7. The molecule has 3 rings (SSSR count). The average Bonchev–Trinajstić information content (AvgIpc) is 3.18. The first-order chi connectivity index (χ1) is 13.1. The third kappa shape index (κ3) is 4.73. The van der Waals surface area contributed by atoms with Gasteiger partial charge in [-0.1, -0.05) is 50.2 Å². The molecule has 0 bridgehead atoms. The van der Waals surface area contributed by atoms with Crippen LogP contribution in [0.2, 0.25) is 0 Å². The van der Waals surface area contributed by atoms with Crippen LogP contribution in [0.4, 0.5) is 5.69 Å². The van der Waals surface area contributed by atoms with Crippen molar-refractivity contribution >= 4 is 11.6 Å². The number of para-hydroxylation sites is 1. The molecule has 140 valence electrons. The van der Waals surface area contributed by atoms with Gasteiger partial charge in [-0.25, -0.2) is 0 Å². The third-order valence-corrected chi connectivity index (χ3v) is 4.08. The first-order valence-electron chi connectivity index (χ1n) is 9.01. The summed E-state index contributed by atoms with van der Waals surface area (Å²) in [6.07, 6.45) is 0.849. The van der Waals surface area contributed by atoms with Crippen LogP contribution in [0.1, 0.15) is 38.1 Å². The van der Waals surface area contributed by atoms with Crippen molar-refractivity contribution in [3.05, 3.63) is 59.9 Å². The maximum atomic E-state index is 12.2. The molecule has 1 amide bonds. The van der Waals surface area contributed by atoms with Crippen LogP contribution in [0.15, 0.2) is 53.1 Å². The molecule has 3 aromatic rings. The second-order valence-corrected chi connectivity index (χ2v) is 6.49.